The van der Waals surface area contributed by atoms with Gasteiger partial charge >= 0.3 is 0 Å². The van der Waals surface area contributed by atoms with E-state index in [0.29, 0.717) is 0 Å². The predicted molar refractivity (Wildman–Crippen MR) is 100 cm³/mol. The lowest BCUT2D eigenvalue weighted by Gasteiger charge is -2.36. The molecular weight excluding hydrogens is 342 g/mol. The van der Waals surface area contributed by atoms with Gasteiger partial charge in [0.25, 0.3) is 0 Å². The van der Waals surface area contributed by atoms with Crippen LogP contribution >= 0.6 is 23.4 Å². The number of rotatable bonds is 4. The molecule has 2 aromatic rings. The van der Waals surface area contributed by atoms with Crippen LogP contribution in [0, 0.1) is 6.92 Å². The van der Waals surface area contributed by atoms with E-state index in [1.54, 1.807) is 11.8 Å². The number of halogens is 1. The highest BCUT2D eigenvalue weighted by molar-refractivity contribution is 7.98. The van der Waals surface area contributed by atoms with E-state index in [1.807, 2.05) is 31.2 Å². The Balaban J connectivity index is 1.72. The van der Waals surface area contributed by atoms with Crippen molar-refractivity contribution in [1.29, 1.82) is 0 Å². The number of anilines is 1. The van der Waals surface area contributed by atoms with E-state index in [2.05, 4.69) is 34.8 Å². The topological polar surface area (TPSA) is 38.2 Å². The first-order chi connectivity index (χ1) is 11.5. The van der Waals surface area contributed by atoms with Gasteiger partial charge in [-0.05, 0) is 45.0 Å². The van der Waals surface area contributed by atoms with Crippen LogP contribution in [0.5, 0.6) is 0 Å². The summed E-state index contributed by atoms with van der Waals surface area (Å²) >= 11 is 7.69. The average Bonchev–Trinajstić information content (AvgIpc) is 2.53. The number of nitrogens with zero attached hydrogens (tertiary/aromatic N) is 3. The number of thioether (sulfide) groups is 1. The van der Waals surface area contributed by atoms with Crippen LogP contribution in [0.2, 0.25) is 5.02 Å². The maximum atomic E-state index is 5.93. The molecule has 24 heavy (non-hydrogen) atoms. The molecule has 3 rings (SSSR count). The maximum Gasteiger partial charge on any atom is 0.132 e. The third-order valence-corrected chi connectivity index (χ3v) is 5.12. The highest BCUT2D eigenvalue weighted by Crippen LogP contribution is 2.26. The molecule has 4 nitrogen and oxygen atoms in total. The van der Waals surface area contributed by atoms with Gasteiger partial charge in [0.1, 0.15) is 11.6 Å². The molecule has 0 amide bonds. The first kappa shape index (κ1) is 17.5. The fourth-order valence-electron chi connectivity index (χ4n) is 2.90. The largest absolute Gasteiger partial charge is 0.372 e. The van der Waals surface area contributed by atoms with Crippen molar-refractivity contribution in [3.05, 3.63) is 46.9 Å². The maximum absolute atomic E-state index is 5.93. The van der Waals surface area contributed by atoms with E-state index in [4.69, 9.17) is 16.3 Å². The highest BCUT2D eigenvalue weighted by Gasteiger charge is 2.23. The number of morpholine rings is 1. The lowest BCUT2D eigenvalue weighted by Crippen LogP contribution is -2.46. The van der Waals surface area contributed by atoms with Crippen molar-refractivity contribution in [3.8, 4) is 0 Å². The number of aryl methyl sites for hydroxylation is 1. The quantitative estimate of drug-likeness (QED) is 0.755. The van der Waals surface area contributed by atoms with Gasteiger partial charge in [-0.15, -0.1) is 11.8 Å². The summed E-state index contributed by atoms with van der Waals surface area (Å²) in [5, 5.41) is 0.759. The van der Waals surface area contributed by atoms with Crippen molar-refractivity contribution < 1.29 is 4.74 Å². The summed E-state index contributed by atoms with van der Waals surface area (Å²) in [5.41, 5.74) is 1.05. The van der Waals surface area contributed by atoms with E-state index in [9.17, 15) is 0 Å². The van der Waals surface area contributed by atoms with E-state index in [1.165, 1.54) is 4.90 Å². The van der Waals surface area contributed by atoms with Gasteiger partial charge in [0.15, 0.2) is 0 Å². The van der Waals surface area contributed by atoms with Crippen molar-refractivity contribution in [3.63, 3.8) is 0 Å². The van der Waals surface area contributed by atoms with E-state index in [0.717, 1.165) is 41.2 Å². The Labute approximate surface area is 152 Å². The van der Waals surface area contributed by atoms with E-state index in [-0.39, 0.29) is 12.2 Å². The molecule has 1 fully saturated rings. The molecule has 0 spiro atoms. The Bertz CT molecular complexity index is 685. The Morgan fingerprint density at radius 3 is 2.50 bits per heavy atom. The fraction of sp³-hybridized carbons (Fsp3) is 0.444. The van der Waals surface area contributed by atoms with Crippen LogP contribution in [0.15, 0.2) is 35.2 Å². The summed E-state index contributed by atoms with van der Waals surface area (Å²) in [4.78, 5) is 12.7. The second-order valence-corrected chi connectivity index (χ2v) is 7.65. The molecule has 6 heteroatoms. The minimum atomic E-state index is 0.218. The highest BCUT2D eigenvalue weighted by atomic mass is 35.5. The van der Waals surface area contributed by atoms with Crippen molar-refractivity contribution in [1.82, 2.24) is 9.97 Å². The lowest BCUT2D eigenvalue weighted by molar-refractivity contribution is -0.00548. The first-order valence-corrected chi connectivity index (χ1v) is 9.49. The molecule has 2 atom stereocenters. The van der Waals surface area contributed by atoms with Crippen LogP contribution in [0.1, 0.15) is 25.4 Å². The average molecular weight is 364 g/mol. The van der Waals surface area contributed by atoms with Gasteiger partial charge in [0, 0.05) is 34.8 Å². The van der Waals surface area contributed by atoms with Gasteiger partial charge in [-0.25, -0.2) is 9.97 Å². The molecule has 128 valence electrons. The van der Waals surface area contributed by atoms with E-state index >= 15 is 0 Å². The summed E-state index contributed by atoms with van der Waals surface area (Å²) in [6.07, 6.45) is 0.437. The van der Waals surface area contributed by atoms with Crippen LogP contribution < -0.4 is 4.90 Å². The standard InChI is InChI=1S/C18H22ClN3OS/c1-12-9-22(10-13(2)23-12)18-8-16(20-14(3)21-18)11-24-17-6-4-15(19)5-7-17/h4-8,12-13H,9-11H2,1-3H3/t12-,13-/m1/s1. The molecule has 0 bridgehead atoms. The first-order valence-electron chi connectivity index (χ1n) is 8.13. The molecule has 2 heterocycles. The van der Waals surface area contributed by atoms with Crippen LogP contribution in [-0.2, 0) is 10.5 Å². The molecule has 1 saturated heterocycles. The summed E-state index contributed by atoms with van der Waals surface area (Å²) in [6.45, 7) is 7.89. The van der Waals surface area contributed by atoms with Crippen LogP contribution in [-0.4, -0.2) is 35.3 Å². The van der Waals surface area contributed by atoms with Gasteiger partial charge in [-0.2, -0.15) is 0 Å². The Morgan fingerprint density at radius 2 is 1.83 bits per heavy atom. The van der Waals surface area contributed by atoms with Crippen LogP contribution in [0.3, 0.4) is 0 Å². The third-order valence-electron chi connectivity index (χ3n) is 3.82. The van der Waals surface area contributed by atoms with Gasteiger partial charge in [-0.3, -0.25) is 0 Å². The summed E-state index contributed by atoms with van der Waals surface area (Å²) in [6, 6.07) is 10.00. The SMILES string of the molecule is Cc1nc(CSc2ccc(Cl)cc2)cc(N2C[C@@H](C)O[C@H](C)C2)n1. The molecular formula is C18H22ClN3OS. The molecule has 1 aromatic heterocycles. The predicted octanol–water partition coefficient (Wildman–Crippen LogP) is 4.34. The fourth-order valence-corrected chi connectivity index (χ4v) is 3.82. The zero-order valence-corrected chi connectivity index (χ0v) is 15.8. The summed E-state index contributed by atoms with van der Waals surface area (Å²) < 4.78 is 5.81. The zero-order chi connectivity index (χ0) is 17.1. The molecule has 1 aliphatic rings. The van der Waals surface area contributed by atoms with Gasteiger partial charge < -0.3 is 9.64 Å². The number of benzene rings is 1. The number of ether oxygens (including phenoxy) is 1. The third kappa shape index (κ3) is 4.62. The van der Waals surface area contributed by atoms with Gasteiger partial charge in [0.2, 0.25) is 0 Å². The monoisotopic (exact) mass is 363 g/mol. The molecule has 0 unspecified atom stereocenters. The van der Waals surface area contributed by atoms with E-state index < -0.39 is 0 Å². The normalized spacial score (nSPS) is 21.1. The van der Waals surface area contributed by atoms with Gasteiger partial charge in [0.05, 0.1) is 17.9 Å². The smallest absolute Gasteiger partial charge is 0.132 e. The zero-order valence-electron chi connectivity index (χ0n) is 14.2. The molecule has 0 N–H and O–H groups in total. The number of hydrogen-bond donors (Lipinski definition) is 0. The van der Waals surface area contributed by atoms with Gasteiger partial charge in [-0.1, -0.05) is 11.6 Å². The Hall–Kier alpha value is -1.30. The molecule has 0 radical (unpaired) electrons. The Kier molecular flexibility index (Phi) is 5.64. The molecule has 0 aliphatic carbocycles. The molecule has 1 aromatic carbocycles. The minimum Gasteiger partial charge on any atom is -0.372 e. The number of hydrogen-bond acceptors (Lipinski definition) is 5. The van der Waals surface area contributed by atoms with Crippen molar-refractivity contribution >= 4 is 29.2 Å². The second kappa shape index (κ2) is 7.72. The summed E-state index contributed by atoms with van der Waals surface area (Å²) in [7, 11) is 0. The Morgan fingerprint density at radius 1 is 1.17 bits per heavy atom. The van der Waals surface area contributed by atoms with Crippen molar-refractivity contribution in [2.45, 2.75) is 43.6 Å². The van der Waals surface area contributed by atoms with Crippen molar-refractivity contribution in [2.24, 2.45) is 0 Å². The van der Waals surface area contributed by atoms with Crippen molar-refractivity contribution in [2.75, 3.05) is 18.0 Å². The minimum absolute atomic E-state index is 0.218. The second-order valence-electron chi connectivity index (χ2n) is 6.17. The molecule has 1 aliphatic heterocycles. The van der Waals surface area contributed by atoms with Crippen LogP contribution in [0.4, 0.5) is 5.82 Å². The molecule has 0 saturated carbocycles. The lowest BCUT2D eigenvalue weighted by atomic mass is 10.2. The number of aromatic nitrogens is 2. The van der Waals surface area contributed by atoms with Crippen LogP contribution in [0.25, 0.3) is 0 Å². The summed E-state index contributed by atoms with van der Waals surface area (Å²) in [5.74, 6) is 2.62.